The van der Waals surface area contributed by atoms with Crippen LogP contribution in [0.4, 0.5) is 0 Å². The molecule has 3 heteroatoms. The largest absolute Gasteiger partial charge is 0.485 e. The van der Waals surface area contributed by atoms with Crippen LogP contribution in [0, 0.1) is 0 Å². The maximum atomic E-state index is 11.8. The van der Waals surface area contributed by atoms with Crippen molar-refractivity contribution >= 4 is 11.6 Å². The average Bonchev–Trinajstić information content (AvgIpc) is 2.37. The van der Waals surface area contributed by atoms with Gasteiger partial charge in [-0.05, 0) is 23.1 Å². The van der Waals surface area contributed by atoms with Crippen LogP contribution in [-0.2, 0) is 10.2 Å². The second kappa shape index (κ2) is 3.99. The van der Waals surface area contributed by atoms with E-state index in [1.165, 1.54) is 0 Å². The van der Waals surface area contributed by atoms with E-state index in [1.54, 1.807) is 6.07 Å². The Bertz CT molecular complexity index is 481. The SMILES string of the molecule is CC(C)(C)c1ccc2c(c1)OCC(=O)CC2=O. The molecular formula is C14H16O3. The Balaban J connectivity index is 2.46. The highest BCUT2D eigenvalue weighted by atomic mass is 16.5. The highest BCUT2D eigenvalue weighted by Gasteiger charge is 2.23. The normalized spacial score (nSPS) is 16.2. The number of rotatable bonds is 0. The van der Waals surface area contributed by atoms with Gasteiger partial charge >= 0.3 is 0 Å². The van der Waals surface area contributed by atoms with E-state index in [2.05, 4.69) is 20.8 Å². The molecule has 0 atom stereocenters. The second-order valence-electron chi connectivity index (χ2n) is 5.39. The van der Waals surface area contributed by atoms with Crippen LogP contribution in [0.25, 0.3) is 0 Å². The Labute approximate surface area is 101 Å². The van der Waals surface area contributed by atoms with E-state index in [-0.39, 0.29) is 30.0 Å². The van der Waals surface area contributed by atoms with E-state index < -0.39 is 0 Å². The Morgan fingerprint density at radius 1 is 1.18 bits per heavy atom. The van der Waals surface area contributed by atoms with Crippen molar-refractivity contribution in [1.82, 2.24) is 0 Å². The molecule has 0 aromatic heterocycles. The van der Waals surface area contributed by atoms with E-state index in [0.717, 1.165) is 5.56 Å². The summed E-state index contributed by atoms with van der Waals surface area (Å²) in [5, 5.41) is 0. The van der Waals surface area contributed by atoms with Gasteiger partial charge in [0.1, 0.15) is 12.4 Å². The predicted molar refractivity (Wildman–Crippen MR) is 64.6 cm³/mol. The summed E-state index contributed by atoms with van der Waals surface area (Å²) in [5.41, 5.74) is 1.61. The maximum Gasteiger partial charge on any atom is 0.177 e. The smallest absolute Gasteiger partial charge is 0.177 e. The van der Waals surface area contributed by atoms with Gasteiger partial charge in [0.05, 0.1) is 12.0 Å². The number of ether oxygens (including phenoxy) is 1. The van der Waals surface area contributed by atoms with Gasteiger partial charge in [-0.3, -0.25) is 9.59 Å². The number of fused-ring (bicyclic) bond motifs is 1. The van der Waals surface area contributed by atoms with E-state index in [0.29, 0.717) is 11.3 Å². The molecule has 3 nitrogen and oxygen atoms in total. The molecule has 0 bridgehead atoms. The Kier molecular flexibility index (Phi) is 2.77. The van der Waals surface area contributed by atoms with Gasteiger partial charge in [-0.25, -0.2) is 0 Å². The third kappa shape index (κ3) is 2.38. The van der Waals surface area contributed by atoms with Crippen molar-refractivity contribution < 1.29 is 14.3 Å². The third-order valence-corrected chi connectivity index (χ3v) is 2.89. The molecule has 0 saturated heterocycles. The minimum absolute atomic E-state index is 0.00223. The number of hydrogen-bond donors (Lipinski definition) is 0. The number of benzene rings is 1. The number of carbonyl (C=O) groups is 2. The van der Waals surface area contributed by atoms with Crippen molar-refractivity contribution in [3.8, 4) is 5.75 Å². The fourth-order valence-electron chi connectivity index (χ4n) is 1.82. The lowest BCUT2D eigenvalue weighted by atomic mass is 9.86. The van der Waals surface area contributed by atoms with E-state index >= 15 is 0 Å². The van der Waals surface area contributed by atoms with Crippen LogP contribution in [0.15, 0.2) is 18.2 Å². The first-order valence-corrected chi connectivity index (χ1v) is 5.70. The van der Waals surface area contributed by atoms with Crippen molar-refractivity contribution in [1.29, 1.82) is 0 Å². The van der Waals surface area contributed by atoms with Crippen LogP contribution in [0.5, 0.6) is 5.75 Å². The predicted octanol–water partition coefficient (Wildman–Crippen LogP) is 2.52. The fraction of sp³-hybridized carbons (Fsp3) is 0.429. The fourth-order valence-corrected chi connectivity index (χ4v) is 1.82. The highest BCUT2D eigenvalue weighted by Crippen LogP contribution is 2.30. The van der Waals surface area contributed by atoms with Gasteiger partial charge in [0, 0.05) is 0 Å². The Morgan fingerprint density at radius 3 is 2.53 bits per heavy atom. The van der Waals surface area contributed by atoms with Crippen LogP contribution in [0.3, 0.4) is 0 Å². The molecule has 0 amide bonds. The van der Waals surface area contributed by atoms with Gasteiger partial charge in [-0.2, -0.15) is 0 Å². The van der Waals surface area contributed by atoms with Crippen molar-refractivity contribution in [2.45, 2.75) is 32.6 Å². The van der Waals surface area contributed by atoms with Crippen molar-refractivity contribution in [2.75, 3.05) is 6.61 Å². The van der Waals surface area contributed by atoms with E-state index in [9.17, 15) is 9.59 Å². The van der Waals surface area contributed by atoms with Gasteiger partial charge < -0.3 is 4.74 Å². The van der Waals surface area contributed by atoms with Crippen LogP contribution < -0.4 is 4.74 Å². The summed E-state index contributed by atoms with van der Waals surface area (Å²) in [5.74, 6) is 0.222. The van der Waals surface area contributed by atoms with Gasteiger partial charge in [0.2, 0.25) is 0 Å². The Hall–Kier alpha value is -1.64. The van der Waals surface area contributed by atoms with Gasteiger partial charge in [-0.1, -0.05) is 26.8 Å². The first-order chi connectivity index (χ1) is 7.88. The number of carbonyl (C=O) groups excluding carboxylic acids is 2. The zero-order valence-electron chi connectivity index (χ0n) is 10.4. The summed E-state index contributed by atoms with van der Waals surface area (Å²) in [6.07, 6.45) is -0.0537. The molecule has 1 heterocycles. The number of ketones is 2. The maximum absolute atomic E-state index is 11.8. The minimum atomic E-state index is -0.163. The van der Waals surface area contributed by atoms with Crippen molar-refractivity contribution in [3.63, 3.8) is 0 Å². The summed E-state index contributed by atoms with van der Waals surface area (Å²) in [7, 11) is 0. The Morgan fingerprint density at radius 2 is 1.88 bits per heavy atom. The molecule has 0 radical (unpaired) electrons. The van der Waals surface area contributed by atoms with Gasteiger partial charge in [0.15, 0.2) is 11.6 Å². The molecule has 0 N–H and O–H groups in total. The van der Waals surface area contributed by atoms with E-state index in [4.69, 9.17) is 4.74 Å². The van der Waals surface area contributed by atoms with Gasteiger partial charge in [-0.15, -0.1) is 0 Å². The highest BCUT2D eigenvalue weighted by molar-refractivity contribution is 6.10. The minimum Gasteiger partial charge on any atom is -0.485 e. The van der Waals surface area contributed by atoms with Crippen molar-refractivity contribution in [3.05, 3.63) is 29.3 Å². The summed E-state index contributed by atoms with van der Waals surface area (Å²) in [4.78, 5) is 23.1. The second-order valence-corrected chi connectivity index (χ2v) is 5.39. The topological polar surface area (TPSA) is 43.4 Å². The lowest BCUT2D eigenvalue weighted by Crippen LogP contribution is -2.12. The summed E-state index contributed by atoms with van der Waals surface area (Å²) in [6, 6.07) is 5.55. The van der Waals surface area contributed by atoms with E-state index in [1.807, 2.05) is 12.1 Å². The quantitative estimate of drug-likeness (QED) is 0.645. The average molecular weight is 232 g/mol. The number of Topliss-reactive ketones (excluding diaryl/α,β-unsaturated/α-hetero) is 2. The first kappa shape index (κ1) is 11.8. The molecular weight excluding hydrogens is 216 g/mol. The molecule has 1 aromatic rings. The molecule has 2 rings (SSSR count). The molecule has 0 unspecified atom stereocenters. The molecule has 1 aliphatic rings. The van der Waals surface area contributed by atoms with Gasteiger partial charge in [0.25, 0.3) is 0 Å². The lowest BCUT2D eigenvalue weighted by molar-refractivity contribution is -0.119. The first-order valence-electron chi connectivity index (χ1n) is 5.70. The molecule has 0 fully saturated rings. The molecule has 0 aliphatic carbocycles. The van der Waals surface area contributed by atoms with Crippen molar-refractivity contribution in [2.24, 2.45) is 0 Å². The molecule has 90 valence electrons. The molecule has 0 spiro atoms. The molecule has 0 saturated carbocycles. The van der Waals surface area contributed by atoms with Crippen LogP contribution in [0.2, 0.25) is 0 Å². The molecule has 1 aliphatic heterocycles. The van der Waals surface area contributed by atoms with Crippen LogP contribution >= 0.6 is 0 Å². The number of hydrogen-bond acceptors (Lipinski definition) is 3. The monoisotopic (exact) mass is 232 g/mol. The summed E-state index contributed by atoms with van der Waals surface area (Å²) < 4.78 is 5.40. The standard InChI is InChI=1S/C14H16O3/c1-14(2,3)9-4-5-11-12(16)7-10(15)8-17-13(11)6-9/h4-6H,7-8H2,1-3H3. The zero-order chi connectivity index (χ0) is 12.6. The zero-order valence-corrected chi connectivity index (χ0v) is 10.4. The summed E-state index contributed by atoms with van der Waals surface area (Å²) >= 11 is 0. The van der Waals surface area contributed by atoms with Crippen LogP contribution in [-0.4, -0.2) is 18.2 Å². The third-order valence-electron chi connectivity index (χ3n) is 2.89. The lowest BCUT2D eigenvalue weighted by Gasteiger charge is -2.20. The summed E-state index contributed by atoms with van der Waals surface area (Å²) in [6.45, 7) is 6.28. The molecule has 1 aromatic carbocycles. The van der Waals surface area contributed by atoms with Crippen LogP contribution in [0.1, 0.15) is 43.1 Å². The molecule has 17 heavy (non-hydrogen) atoms.